The highest BCUT2D eigenvalue weighted by Gasteiger charge is 2.36. The largest absolute Gasteiger partial charge is 0.478 e. The van der Waals surface area contributed by atoms with E-state index in [4.69, 9.17) is 21.1 Å². The summed E-state index contributed by atoms with van der Waals surface area (Å²) in [7, 11) is -4.30. The quantitative estimate of drug-likeness (QED) is 0.209. The van der Waals surface area contributed by atoms with E-state index >= 15 is 0 Å². The number of aromatic nitrogens is 4. The summed E-state index contributed by atoms with van der Waals surface area (Å²) in [6.45, 7) is 8.61. The maximum Gasteiger partial charge on any atom is 0.281 e. The predicted molar refractivity (Wildman–Crippen MR) is 158 cm³/mol. The van der Waals surface area contributed by atoms with E-state index in [9.17, 15) is 13.2 Å². The molecule has 0 radical (unpaired) electrons. The zero-order valence-electron chi connectivity index (χ0n) is 24.1. The summed E-state index contributed by atoms with van der Waals surface area (Å²) >= 11 is 6.28. The average molecular weight is 617 g/mol. The van der Waals surface area contributed by atoms with Crippen molar-refractivity contribution in [1.82, 2.24) is 29.8 Å². The van der Waals surface area contributed by atoms with Crippen LogP contribution in [0.3, 0.4) is 0 Å². The second-order valence-corrected chi connectivity index (χ2v) is 14.1. The molecule has 226 valence electrons. The third-order valence-corrected chi connectivity index (χ3v) is 9.33. The Morgan fingerprint density at radius 1 is 1.10 bits per heavy atom. The van der Waals surface area contributed by atoms with Crippen LogP contribution in [0.25, 0.3) is 5.82 Å². The van der Waals surface area contributed by atoms with Crippen LogP contribution < -0.4 is 19.5 Å². The third kappa shape index (κ3) is 7.78. The Hall–Kier alpha value is -3.22. The van der Waals surface area contributed by atoms with Crippen LogP contribution in [0.5, 0.6) is 11.8 Å². The van der Waals surface area contributed by atoms with Gasteiger partial charge in [-0.3, -0.25) is 4.79 Å². The Labute approximate surface area is 251 Å². The SMILES string of the molecule is CC1(CCOc2ccn(-c3ccc(C(=O)NS(=O)(=O)c4cccc(OCCCC5CNC(C)(C)C5)n4)c(Cl)n3)n2)CC1. The molecule has 1 amide bonds. The lowest BCUT2D eigenvalue weighted by atomic mass is 9.94. The van der Waals surface area contributed by atoms with E-state index in [0.29, 0.717) is 36.2 Å². The van der Waals surface area contributed by atoms with Crippen LogP contribution in [0.15, 0.2) is 47.6 Å². The van der Waals surface area contributed by atoms with Crippen molar-refractivity contribution in [2.45, 2.75) is 69.9 Å². The molecule has 0 bridgehead atoms. The molecule has 1 unspecified atom stereocenters. The molecular weight excluding hydrogens is 580 g/mol. The number of nitrogens with zero attached hydrogens (tertiary/aromatic N) is 4. The van der Waals surface area contributed by atoms with Gasteiger partial charge in [0.1, 0.15) is 5.15 Å². The molecule has 2 aliphatic rings. The molecule has 2 N–H and O–H groups in total. The van der Waals surface area contributed by atoms with Gasteiger partial charge in [-0.1, -0.05) is 24.6 Å². The van der Waals surface area contributed by atoms with Gasteiger partial charge in [0.2, 0.25) is 11.8 Å². The highest BCUT2D eigenvalue weighted by Crippen LogP contribution is 2.47. The Kier molecular flexibility index (Phi) is 8.77. The van der Waals surface area contributed by atoms with Gasteiger partial charge in [0.05, 0.1) is 18.8 Å². The van der Waals surface area contributed by atoms with Crippen molar-refractivity contribution in [3.05, 3.63) is 53.3 Å². The number of carbonyl (C=O) groups is 1. The molecule has 1 atom stereocenters. The lowest BCUT2D eigenvalue weighted by Gasteiger charge is -2.17. The molecule has 13 heteroatoms. The molecule has 3 aromatic heterocycles. The zero-order chi connectivity index (χ0) is 30.0. The van der Waals surface area contributed by atoms with Gasteiger partial charge in [0.25, 0.3) is 15.9 Å². The molecule has 1 aliphatic carbocycles. The smallest absolute Gasteiger partial charge is 0.281 e. The van der Waals surface area contributed by atoms with Gasteiger partial charge in [-0.05, 0) is 88.4 Å². The van der Waals surface area contributed by atoms with Gasteiger partial charge in [0, 0.05) is 23.9 Å². The van der Waals surface area contributed by atoms with Crippen molar-refractivity contribution in [2.24, 2.45) is 11.3 Å². The maximum atomic E-state index is 12.9. The molecule has 4 heterocycles. The van der Waals surface area contributed by atoms with Crippen molar-refractivity contribution in [1.29, 1.82) is 0 Å². The summed E-state index contributed by atoms with van der Waals surface area (Å²) < 4.78 is 40.8. The van der Waals surface area contributed by atoms with Gasteiger partial charge in [0.15, 0.2) is 10.8 Å². The van der Waals surface area contributed by atoms with Gasteiger partial charge >= 0.3 is 0 Å². The number of ether oxygens (including phenoxy) is 2. The topological polar surface area (TPSA) is 137 Å². The number of halogens is 1. The van der Waals surface area contributed by atoms with Crippen LogP contribution in [0.1, 0.15) is 69.7 Å². The second-order valence-electron chi connectivity index (χ2n) is 12.1. The van der Waals surface area contributed by atoms with Crippen molar-refractivity contribution >= 4 is 27.5 Å². The van der Waals surface area contributed by atoms with Crippen LogP contribution in [0.4, 0.5) is 0 Å². The molecule has 2 fully saturated rings. The van der Waals surface area contributed by atoms with Crippen LogP contribution in [0.2, 0.25) is 5.15 Å². The molecule has 0 spiro atoms. The van der Waals surface area contributed by atoms with E-state index in [1.54, 1.807) is 18.3 Å². The molecule has 42 heavy (non-hydrogen) atoms. The van der Waals surface area contributed by atoms with E-state index in [0.717, 1.165) is 32.2 Å². The van der Waals surface area contributed by atoms with E-state index < -0.39 is 15.9 Å². The van der Waals surface area contributed by atoms with Crippen LogP contribution in [0, 0.1) is 11.3 Å². The van der Waals surface area contributed by atoms with E-state index in [1.165, 1.54) is 41.8 Å². The van der Waals surface area contributed by atoms with Crippen LogP contribution >= 0.6 is 11.6 Å². The van der Waals surface area contributed by atoms with Crippen molar-refractivity contribution in [2.75, 3.05) is 19.8 Å². The normalized spacial score (nSPS) is 18.9. The number of hydrogen-bond donors (Lipinski definition) is 2. The Morgan fingerprint density at radius 2 is 1.88 bits per heavy atom. The first-order valence-electron chi connectivity index (χ1n) is 14.2. The number of sulfonamides is 1. The zero-order valence-corrected chi connectivity index (χ0v) is 25.7. The second kappa shape index (κ2) is 12.2. The molecular formula is C29H37ClN6O5S. The number of rotatable bonds is 13. The Morgan fingerprint density at radius 3 is 2.60 bits per heavy atom. The summed E-state index contributed by atoms with van der Waals surface area (Å²) in [4.78, 5) is 21.2. The summed E-state index contributed by atoms with van der Waals surface area (Å²) in [5.41, 5.74) is 0.440. The summed E-state index contributed by atoms with van der Waals surface area (Å²) in [5.74, 6) is 0.633. The fourth-order valence-electron chi connectivity index (χ4n) is 4.99. The predicted octanol–water partition coefficient (Wildman–Crippen LogP) is 4.55. The minimum atomic E-state index is -4.30. The van der Waals surface area contributed by atoms with Gasteiger partial charge in [-0.25, -0.2) is 14.4 Å². The fourth-order valence-corrected chi connectivity index (χ4v) is 6.16. The molecule has 11 nitrogen and oxygen atoms in total. The lowest BCUT2D eigenvalue weighted by molar-refractivity contribution is 0.0981. The maximum absolute atomic E-state index is 12.9. The molecule has 0 aromatic carbocycles. The number of hydrogen-bond acceptors (Lipinski definition) is 9. The highest BCUT2D eigenvalue weighted by atomic mass is 35.5. The minimum absolute atomic E-state index is 0.109. The van der Waals surface area contributed by atoms with Gasteiger partial charge in [-0.15, -0.1) is 5.10 Å². The van der Waals surface area contributed by atoms with Gasteiger partial charge < -0.3 is 14.8 Å². The Bertz CT molecular complexity index is 1540. The number of amides is 1. The van der Waals surface area contributed by atoms with E-state index in [-0.39, 0.29) is 27.2 Å². The lowest BCUT2D eigenvalue weighted by Crippen LogP contribution is -2.31. The first-order chi connectivity index (χ1) is 19.9. The standard InChI is InChI=1S/C29H37ClN6O5S/c1-28(2)18-20(19-31-28)6-5-16-40-23-7-4-8-25(33-23)42(38,39)35-27(37)21-9-10-22(32-26(21)30)36-15-11-24(34-36)41-17-14-29(3)12-13-29/h4,7-11,15,20,31H,5-6,12-14,16-19H2,1-3H3,(H,35,37). The molecule has 1 aliphatic heterocycles. The molecule has 5 rings (SSSR count). The monoisotopic (exact) mass is 616 g/mol. The van der Waals surface area contributed by atoms with Crippen molar-refractivity contribution in [3.8, 4) is 17.6 Å². The Balaban J connectivity index is 1.15. The highest BCUT2D eigenvalue weighted by molar-refractivity contribution is 7.90. The number of nitrogens with one attached hydrogen (secondary N) is 2. The summed E-state index contributed by atoms with van der Waals surface area (Å²) in [5, 5.41) is 7.34. The third-order valence-electron chi connectivity index (χ3n) is 7.81. The van der Waals surface area contributed by atoms with Crippen LogP contribution in [-0.4, -0.2) is 59.4 Å². The summed E-state index contributed by atoms with van der Waals surface area (Å²) in [6, 6.07) is 9.02. The molecule has 1 saturated carbocycles. The van der Waals surface area contributed by atoms with E-state index in [1.807, 2.05) is 4.72 Å². The molecule has 3 aromatic rings. The molecule has 1 saturated heterocycles. The summed E-state index contributed by atoms with van der Waals surface area (Å²) in [6.07, 6.45) is 8.04. The number of pyridine rings is 2. The first-order valence-corrected chi connectivity index (χ1v) is 16.1. The minimum Gasteiger partial charge on any atom is -0.478 e. The van der Waals surface area contributed by atoms with Crippen molar-refractivity contribution < 1.29 is 22.7 Å². The van der Waals surface area contributed by atoms with Gasteiger partial charge in [-0.2, -0.15) is 13.4 Å². The first kappa shape index (κ1) is 30.2. The van der Waals surface area contributed by atoms with E-state index in [2.05, 4.69) is 41.2 Å². The van der Waals surface area contributed by atoms with Crippen LogP contribution in [-0.2, 0) is 10.0 Å². The fraction of sp³-hybridized carbons (Fsp3) is 0.517. The number of carbonyl (C=O) groups excluding carboxylic acids is 1. The van der Waals surface area contributed by atoms with Crippen molar-refractivity contribution in [3.63, 3.8) is 0 Å². The average Bonchev–Trinajstić information content (AvgIpc) is 3.31.